The molecule has 0 radical (unpaired) electrons. The number of sulfone groups is 1. The first-order valence-electron chi connectivity index (χ1n) is 6.65. The number of aryl methyl sites for hydroxylation is 1. The number of aromatic nitrogens is 4. The molecule has 1 unspecified atom stereocenters. The Labute approximate surface area is 123 Å². The van der Waals surface area contributed by atoms with E-state index in [9.17, 15) is 8.42 Å². The van der Waals surface area contributed by atoms with Crippen molar-refractivity contribution in [3.05, 3.63) is 24.3 Å². The molecule has 0 bridgehead atoms. The third kappa shape index (κ3) is 2.39. The van der Waals surface area contributed by atoms with Crippen LogP contribution in [0.5, 0.6) is 0 Å². The van der Waals surface area contributed by atoms with E-state index in [2.05, 4.69) is 15.1 Å². The summed E-state index contributed by atoms with van der Waals surface area (Å²) in [5.41, 5.74) is 7.86. The minimum atomic E-state index is -3.01. The van der Waals surface area contributed by atoms with Crippen LogP contribution >= 0.6 is 0 Å². The lowest BCUT2D eigenvalue weighted by atomic mass is 10.0. The summed E-state index contributed by atoms with van der Waals surface area (Å²) in [5.74, 6) is 0.267. The number of hydrogen-bond acceptors (Lipinski definition) is 6. The SMILES string of the molecule is Cc1nccnc1-c1nn(C2(C)CCS(=O)(=O)C2)cc1N. The molecule has 21 heavy (non-hydrogen) atoms. The van der Waals surface area contributed by atoms with Crippen LogP contribution in [0.25, 0.3) is 11.4 Å². The Balaban J connectivity index is 2.05. The molecule has 0 amide bonds. The molecule has 0 aromatic carbocycles. The van der Waals surface area contributed by atoms with Crippen LogP contribution in [0.2, 0.25) is 0 Å². The standard InChI is InChI=1S/C13H17N5O2S/c1-9-11(16-5-4-15-9)12-10(14)7-18(17-12)13(2)3-6-21(19,20)8-13/h4-5,7H,3,6,8,14H2,1-2H3. The average Bonchev–Trinajstić information content (AvgIpc) is 2.92. The van der Waals surface area contributed by atoms with Gasteiger partial charge >= 0.3 is 0 Å². The second-order valence-corrected chi connectivity index (χ2v) is 7.89. The first kappa shape index (κ1) is 14.0. The van der Waals surface area contributed by atoms with Gasteiger partial charge in [0.25, 0.3) is 0 Å². The molecule has 0 spiro atoms. The van der Waals surface area contributed by atoms with Gasteiger partial charge in [0.05, 0.1) is 28.4 Å². The Kier molecular flexibility index (Phi) is 3.01. The monoisotopic (exact) mass is 307 g/mol. The minimum absolute atomic E-state index is 0.0833. The maximum Gasteiger partial charge on any atom is 0.152 e. The zero-order chi connectivity index (χ0) is 15.3. The number of hydrogen-bond donors (Lipinski definition) is 1. The second kappa shape index (κ2) is 4.52. The van der Waals surface area contributed by atoms with Crippen LogP contribution in [-0.2, 0) is 15.4 Å². The van der Waals surface area contributed by atoms with Crippen LogP contribution in [0.15, 0.2) is 18.6 Å². The number of nitrogens with zero attached hydrogens (tertiary/aromatic N) is 4. The van der Waals surface area contributed by atoms with E-state index in [1.807, 2.05) is 13.8 Å². The second-order valence-electron chi connectivity index (χ2n) is 5.71. The van der Waals surface area contributed by atoms with E-state index < -0.39 is 15.4 Å². The van der Waals surface area contributed by atoms with E-state index in [1.165, 1.54) is 0 Å². The normalized spacial score (nSPS) is 24.3. The lowest BCUT2D eigenvalue weighted by Gasteiger charge is -2.22. The molecule has 1 saturated heterocycles. The van der Waals surface area contributed by atoms with E-state index in [4.69, 9.17) is 5.73 Å². The van der Waals surface area contributed by atoms with E-state index in [0.717, 1.165) is 5.69 Å². The molecule has 7 nitrogen and oxygen atoms in total. The van der Waals surface area contributed by atoms with E-state index >= 15 is 0 Å². The lowest BCUT2D eigenvalue weighted by molar-refractivity contribution is 0.329. The number of anilines is 1. The molecule has 112 valence electrons. The zero-order valence-corrected chi connectivity index (χ0v) is 12.8. The van der Waals surface area contributed by atoms with E-state index in [1.54, 1.807) is 23.3 Å². The van der Waals surface area contributed by atoms with Crippen LogP contribution < -0.4 is 5.73 Å². The molecule has 1 aliphatic heterocycles. The number of rotatable bonds is 2. The molecule has 0 saturated carbocycles. The third-order valence-corrected chi connectivity index (χ3v) is 5.77. The van der Waals surface area contributed by atoms with Gasteiger partial charge in [0, 0.05) is 18.6 Å². The van der Waals surface area contributed by atoms with Crippen molar-refractivity contribution in [3.63, 3.8) is 0 Å². The first-order valence-corrected chi connectivity index (χ1v) is 8.47. The van der Waals surface area contributed by atoms with Crippen molar-refractivity contribution in [2.24, 2.45) is 0 Å². The molecule has 2 aromatic rings. The molecular formula is C13H17N5O2S. The van der Waals surface area contributed by atoms with Gasteiger partial charge in [-0.2, -0.15) is 5.10 Å². The van der Waals surface area contributed by atoms with Gasteiger partial charge < -0.3 is 5.73 Å². The minimum Gasteiger partial charge on any atom is -0.396 e. The summed E-state index contributed by atoms with van der Waals surface area (Å²) in [6.07, 6.45) is 5.42. The molecule has 0 aliphatic carbocycles. The molecule has 2 aromatic heterocycles. The van der Waals surface area contributed by atoms with Crippen molar-refractivity contribution in [1.82, 2.24) is 19.7 Å². The first-order chi connectivity index (χ1) is 9.81. The van der Waals surface area contributed by atoms with E-state index in [0.29, 0.717) is 23.5 Å². The fraction of sp³-hybridized carbons (Fsp3) is 0.462. The van der Waals surface area contributed by atoms with Crippen molar-refractivity contribution in [3.8, 4) is 11.4 Å². The van der Waals surface area contributed by atoms with Crippen LogP contribution in [0.1, 0.15) is 19.0 Å². The summed E-state index contributed by atoms with van der Waals surface area (Å²) in [7, 11) is -3.01. The van der Waals surface area contributed by atoms with Crippen LogP contribution in [0, 0.1) is 6.92 Å². The molecule has 2 N–H and O–H groups in total. The maximum atomic E-state index is 11.7. The van der Waals surface area contributed by atoms with Gasteiger partial charge in [-0.15, -0.1) is 0 Å². The molecule has 1 aliphatic rings. The summed E-state index contributed by atoms with van der Waals surface area (Å²) in [5, 5.41) is 4.48. The third-order valence-electron chi connectivity index (χ3n) is 3.88. The smallest absolute Gasteiger partial charge is 0.152 e. The highest BCUT2D eigenvalue weighted by molar-refractivity contribution is 7.91. The zero-order valence-electron chi connectivity index (χ0n) is 11.9. The van der Waals surface area contributed by atoms with Crippen molar-refractivity contribution in [2.45, 2.75) is 25.8 Å². The van der Waals surface area contributed by atoms with Crippen molar-refractivity contribution in [2.75, 3.05) is 17.2 Å². The molecule has 8 heteroatoms. The van der Waals surface area contributed by atoms with Crippen molar-refractivity contribution >= 4 is 15.5 Å². The van der Waals surface area contributed by atoms with Crippen LogP contribution in [0.4, 0.5) is 5.69 Å². The summed E-state index contributed by atoms with van der Waals surface area (Å²) < 4.78 is 25.1. The number of nitrogen functional groups attached to an aromatic ring is 1. The molecular weight excluding hydrogens is 290 g/mol. The van der Waals surface area contributed by atoms with Gasteiger partial charge in [0.1, 0.15) is 11.4 Å². The maximum absolute atomic E-state index is 11.7. The fourth-order valence-corrected chi connectivity index (χ4v) is 4.78. The highest BCUT2D eigenvalue weighted by atomic mass is 32.2. The lowest BCUT2D eigenvalue weighted by Crippen LogP contribution is -2.31. The topological polar surface area (TPSA) is 104 Å². The Morgan fingerprint density at radius 2 is 2.00 bits per heavy atom. The largest absolute Gasteiger partial charge is 0.396 e. The predicted molar refractivity (Wildman–Crippen MR) is 79.3 cm³/mol. The quantitative estimate of drug-likeness (QED) is 0.878. The summed E-state index contributed by atoms with van der Waals surface area (Å²) in [6.45, 7) is 3.72. The van der Waals surface area contributed by atoms with Gasteiger partial charge in [-0.05, 0) is 20.3 Å². The van der Waals surface area contributed by atoms with Crippen LogP contribution in [-0.4, -0.2) is 39.7 Å². The molecule has 1 fully saturated rings. The predicted octanol–water partition coefficient (Wildman–Crippen LogP) is 0.764. The molecule has 1 atom stereocenters. The van der Waals surface area contributed by atoms with E-state index in [-0.39, 0.29) is 11.5 Å². The fourth-order valence-electron chi connectivity index (χ4n) is 2.66. The summed E-state index contributed by atoms with van der Waals surface area (Å²) in [4.78, 5) is 8.44. The summed E-state index contributed by atoms with van der Waals surface area (Å²) >= 11 is 0. The molecule has 3 rings (SSSR count). The van der Waals surface area contributed by atoms with Crippen molar-refractivity contribution < 1.29 is 8.42 Å². The van der Waals surface area contributed by atoms with Gasteiger partial charge in [-0.3, -0.25) is 14.6 Å². The van der Waals surface area contributed by atoms with Gasteiger partial charge in [-0.1, -0.05) is 0 Å². The van der Waals surface area contributed by atoms with Gasteiger partial charge in [0.15, 0.2) is 9.84 Å². The Hall–Kier alpha value is -1.96. The Bertz CT molecular complexity index is 799. The number of nitrogens with two attached hydrogens (primary N) is 1. The van der Waals surface area contributed by atoms with Gasteiger partial charge in [-0.25, -0.2) is 8.42 Å². The summed E-state index contributed by atoms with van der Waals surface area (Å²) in [6, 6.07) is 0. The van der Waals surface area contributed by atoms with Crippen LogP contribution in [0.3, 0.4) is 0 Å². The Morgan fingerprint density at radius 3 is 2.62 bits per heavy atom. The Morgan fingerprint density at radius 1 is 1.29 bits per heavy atom. The molecule has 3 heterocycles. The van der Waals surface area contributed by atoms with Crippen molar-refractivity contribution in [1.29, 1.82) is 0 Å². The highest BCUT2D eigenvalue weighted by Crippen LogP contribution is 2.33. The van der Waals surface area contributed by atoms with Gasteiger partial charge in [0.2, 0.25) is 0 Å². The highest BCUT2D eigenvalue weighted by Gasteiger charge is 2.41. The average molecular weight is 307 g/mol.